The van der Waals surface area contributed by atoms with Gasteiger partial charge in [0.15, 0.2) is 19.9 Å². The molecule has 1 saturated carbocycles. The third-order valence-electron chi connectivity index (χ3n) is 6.69. The molecule has 7 nitrogen and oxygen atoms in total. The average Bonchev–Trinajstić information content (AvgIpc) is 3.13. The van der Waals surface area contributed by atoms with Gasteiger partial charge in [-0.1, -0.05) is 20.8 Å². The van der Waals surface area contributed by atoms with Crippen LogP contribution in [0.2, 0.25) is 18.1 Å². The van der Waals surface area contributed by atoms with Crippen LogP contribution in [0.25, 0.3) is 0 Å². The highest BCUT2D eigenvalue weighted by Gasteiger charge is 2.54. The quantitative estimate of drug-likeness (QED) is 0.395. The Kier molecular flexibility index (Phi) is 5.86. The minimum Gasteiger partial charge on any atom is -0.500 e. The highest BCUT2D eigenvalue weighted by Crippen LogP contribution is 2.49. The number of ether oxygens (including phenoxy) is 2. The zero-order valence-corrected chi connectivity index (χ0v) is 19.6. The van der Waals surface area contributed by atoms with Gasteiger partial charge in [0.25, 0.3) is 0 Å². The lowest BCUT2D eigenvalue weighted by atomic mass is 9.64. The van der Waals surface area contributed by atoms with Gasteiger partial charge in [0.05, 0.1) is 38.4 Å². The van der Waals surface area contributed by atoms with Gasteiger partial charge in [-0.05, 0) is 36.2 Å². The molecule has 0 amide bonds. The summed E-state index contributed by atoms with van der Waals surface area (Å²) >= 11 is 0. The molecule has 3 rings (SSSR count). The Morgan fingerprint density at radius 3 is 2.43 bits per heavy atom. The van der Waals surface area contributed by atoms with Crippen molar-refractivity contribution in [3.05, 3.63) is 35.5 Å². The number of allylic oxidation sites excluding steroid dienone is 2. The predicted molar refractivity (Wildman–Crippen MR) is 112 cm³/mol. The Hall–Kier alpha value is -2.19. The lowest BCUT2D eigenvalue weighted by Gasteiger charge is -2.47. The highest BCUT2D eigenvalue weighted by molar-refractivity contribution is 6.74. The van der Waals surface area contributed by atoms with Crippen LogP contribution in [0.1, 0.15) is 49.2 Å². The first-order chi connectivity index (χ1) is 13.9. The van der Waals surface area contributed by atoms with Crippen molar-refractivity contribution in [1.82, 2.24) is 0 Å². The normalized spacial score (nSPS) is 27.0. The van der Waals surface area contributed by atoms with E-state index in [-0.39, 0.29) is 28.5 Å². The summed E-state index contributed by atoms with van der Waals surface area (Å²) < 4.78 is 22.2. The first kappa shape index (κ1) is 22.5. The standard InChI is InChI=1S/C22H30O7Si/c1-22(2,3)30(6,7)29-16-9-13-15(26-4)10-14(23)19(20(13)24)18(16)12-8-17(28-11-12)21(25)27-5/h8,10-11,13,16,18-19H,9H2,1-7H3/t13-,16+,18-,19-/m1/s1. The summed E-state index contributed by atoms with van der Waals surface area (Å²) in [7, 11) is 0.524. The number of ketones is 2. The Bertz CT molecular complexity index is 890. The summed E-state index contributed by atoms with van der Waals surface area (Å²) in [6, 6.07) is 1.55. The van der Waals surface area contributed by atoms with Crippen molar-refractivity contribution in [3.8, 4) is 0 Å². The Balaban J connectivity index is 2.07. The molecule has 0 radical (unpaired) electrons. The third-order valence-corrected chi connectivity index (χ3v) is 11.2. The maximum Gasteiger partial charge on any atom is 0.373 e. The summed E-state index contributed by atoms with van der Waals surface area (Å²) in [5.41, 5.74) is 0.596. The molecule has 2 bridgehead atoms. The number of esters is 1. The van der Waals surface area contributed by atoms with Gasteiger partial charge in [0.2, 0.25) is 5.76 Å². The van der Waals surface area contributed by atoms with Crippen LogP contribution < -0.4 is 0 Å². The van der Waals surface area contributed by atoms with Gasteiger partial charge < -0.3 is 18.3 Å². The number of Topliss-reactive ketones (excluding diaryl/α,β-unsaturated/α-hetero) is 1. The number of carbonyl (C=O) groups excluding carboxylic acids is 3. The molecule has 2 aliphatic rings. The molecule has 0 aromatic carbocycles. The average molecular weight is 435 g/mol. The smallest absolute Gasteiger partial charge is 0.373 e. The van der Waals surface area contributed by atoms with E-state index >= 15 is 0 Å². The van der Waals surface area contributed by atoms with E-state index in [4.69, 9.17) is 18.3 Å². The molecule has 0 aliphatic heterocycles. The summed E-state index contributed by atoms with van der Waals surface area (Å²) in [6.07, 6.45) is 2.88. The van der Waals surface area contributed by atoms with Crippen molar-refractivity contribution < 1.29 is 32.7 Å². The van der Waals surface area contributed by atoms with E-state index < -0.39 is 32.0 Å². The van der Waals surface area contributed by atoms with Crippen LogP contribution in [0.3, 0.4) is 0 Å². The first-order valence-corrected chi connectivity index (χ1v) is 13.0. The number of rotatable bonds is 5. The molecule has 30 heavy (non-hydrogen) atoms. The molecule has 0 unspecified atom stereocenters. The van der Waals surface area contributed by atoms with Crippen LogP contribution in [0.15, 0.2) is 28.6 Å². The van der Waals surface area contributed by atoms with Gasteiger partial charge in [0, 0.05) is 12.0 Å². The van der Waals surface area contributed by atoms with Crippen molar-refractivity contribution >= 4 is 25.9 Å². The molecule has 8 heteroatoms. The molecule has 1 fully saturated rings. The van der Waals surface area contributed by atoms with Crippen LogP contribution in [-0.4, -0.2) is 46.2 Å². The highest BCUT2D eigenvalue weighted by atomic mass is 28.4. The summed E-state index contributed by atoms with van der Waals surface area (Å²) in [5.74, 6) is -2.58. The molecule has 0 N–H and O–H groups in total. The number of methoxy groups -OCH3 is 2. The van der Waals surface area contributed by atoms with Crippen LogP contribution in [0.5, 0.6) is 0 Å². The van der Waals surface area contributed by atoms with Gasteiger partial charge >= 0.3 is 5.97 Å². The molecule has 1 aromatic rings. The SMILES string of the molecule is COC(=O)c1cc([C@H]2[C@H]3C(=O)C=C(OC)[C@@H](C[C@@H]2O[Si](C)(C)C(C)(C)C)C3=O)co1. The lowest BCUT2D eigenvalue weighted by molar-refractivity contribution is -0.141. The molecular weight excluding hydrogens is 404 g/mol. The van der Waals surface area contributed by atoms with Gasteiger partial charge in [-0.15, -0.1) is 0 Å². The Morgan fingerprint density at radius 2 is 1.87 bits per heavy atom. The van der Waals surface area contributed by atoms with Crippen LogP contribution >= 0.6 is 0 Å². The van der Waals surface area contributed by atoms with Gasteiger partial charge in [-0.3, -0.25) is 9.59 Å². The third kappa shape index (κ3) is 3.78. The zero-order valence-electron chi connectivity index (χ0n) is 18.6. The van der Waals surface area contributed by atoms with Crippen molar-refractivity contribution in [2.45, 2.75) is 57.3 Å². The van der Waals surface area contributed by atoms with E-state index in [1.165, 1.54) is 26.6 Å². The molecule has 1 aromatic heterocycles. The second kappa shape index (κ2) is 7.81. The number of hydrogen-bond acceptors (Lipinski definition) is 7. The Labute approximate surface area is 177 Å². The maximum absolute atomic E-state index is 13.2. The summed E-state index contributed by atoms with van der Waals surface area (Å²) in [5, 5.41) is -0.0500. The molecular formula is C22H30O7Si. The van der Waals surface area contributed by atoms with Crippen LogP contribution in [0.4, 0.5) is 0 Å². The largest absolute Gasteiger partial charge is 0.500 e. The molecule has 2 aliphatic carbocycles. The van der Waals surface area contributed by atoms with Crippen LogP contribution in [-0.2, 0) is 23.5 Å². The molecule has 0 spiro atoms. The maximum atomic E-state index is 13.2. The van der Waals surface area contributed by atoms with Gasteiger partial charge in [-0.25, -0.2) is 4.79 Å². The fourth-order valence-electron chi connectivity index (χ4n) is 4.03. The fourth-order valence-corrected chi connectivity index (χ4v) is 5.38. The number of hydrogen-bond donors (Lipinski definition) is 0. The van der Waals surface area contributed by atoms with Gasteiger partial charge in [-0.2, -0.15) is 0 Å². The lowest BCUT2D eigenvalue weighted by Crippen LogP contribution is -2.53. The predicted octanol–water partition coefficient (Wildman–Crippen LogP) is 3.86. The van der Waals surface area contributed by atoms with Crippen LogP contribution in [0, 0.1) is 11.8 Å². The second-order valence-electron chi connectivity index (χ2n) is 9.50. The Morgan fingerprint density at radius 1 is 1.20 bits per heavy atom. The zero-order chi connectivity index (χ0) is 22.4. The van der Waals surface area contributed by atoms with Crippen molar-refractivity contribution in [1.29, 1.82) is 0 Å². The van der Waals surface area contributed by atoms with E-state index in [0.29, 0.717) is 17.7 Å². The van der Waals surface area contributed by atoms with E-state index in [0.717, 1.165) is 0 Å². The molecule has 1 heterocycles. The van der Waals surface area contributed by atoms with Crippen molar-refractivity contribution in [3.63, 3.8) is 0 Å². The summed E-state index contributed by atoms with van der Waals surface area (Å²) in [6.45, 7) is 10.7. The topological polar surface area (TPSA) is 92.0 Å². The second-order valence-corrected chi connectivity index (χ2v) is 14.3. The van der Waals surface area contributed by atoms with E-state index in [2.05, 4.69) is 33.9 Å². The minimum atomic E-state index is -2.22. The van der Waals surface area contributed by atoms with E-state index in [9.17, 15) is 14.4 Å². The monoisotopic (exact) mass is 434 g/mol. The first-order valence-electron chi connectivity index (χ1n) is 10.1. The summed E-state index contributed by atoms with van der Waals surface area (Å²) in [4.78, 5) is 38.0. The number of furan rings is 1. The number of carbonyl (C=O) groups is 3. The number of fused-ring (bicyclic) bond motifs is 2. The van der Waals surface area contributed by atoms with E-state index in [1.807, 2.05) is 0 Å². The fraction of sp³-hybridized carbons (Fsp3) is 0.591. The van der Waals surface area contributed by atoms with Crippen molar-refractivity contribution in [2.24, 2.45) is 11.8 Å². The minimum absolute atomic E-state index is 0.0320. The molecule has 0 saturated heterocycles. The molecule has 4 atom stereocenters. The van der Waals surface area contributed by atoms with E-state index in [1.54, 1.807) is 6.07 Å². The molecule has 164 valence electrons. The van der Waals surface area contributed by atoms with Crippen molar-refractivity contribution in [2.75, 3.05) is 14.2 Å². The van der Waals surface area contributed by atoms with Gasteiger partial charge in [0.1, 0.15) is 5.76 Å².